The number of nitriles is 1. The fourth-order valence-corrected chi connectivity index (χ4v) is 2.05. The van der Waals surface area contributed by atoms with Gasteiger partial charge in [0.1, 0.15) is 23.3 Å². The molecule has 0 atom stereocenters. The number of nitrogen functional groups attached to an aromatic ring is 2. The van der Waals surface area contributed by atoms with Crippen LogP contribution in [-0.4, -0.2) is 9.97 Å². The van der Waals surface area contributed by atoms with Crippen LogP contribution >= 0.6 is 0 Å². The van der Waals surface area contributed by atoms with Crippen molar-refractivity contribution in [1.29, 1.82) is 5.26 Å². The van der Waals surface area contributed by atoms with Crippen LogP contribution in [0, 0.1) is 24.1 Å². The molecule has 0 fully saturated rings. The normalized spacial score (nSPS) is 11.3. The van der Waals surface area contributed by atoms with Crippen LogP contribution in [0.2, 0.25) is 0 Å². The molecule has 0 aliphatic rings. The summed E-state index contributed by atoms with van der Waals surface area (Å²) in [6, 6.07) is 3.37. The molecule has 22 heavy (non-hydrogen) atoms. The largest absolute Gasteiger partial charge is 0.417 e. The van der Waals surface area contributed by atoms with Crippen LogP contribution in [0.3, 0.4) is 0 Å². The quantitative estimate of drug-likeness (QED) is 0.788. The predicted molar refractivity (Wildman–Crippen MR) is 70.7 cm³/mol. The average molecular weight is 311 g/mol. The molecule has 0 amide bonds. The van der Waals surface area contributed by atoms with Gasteiger partial charge in [-0.3, -0.25) is 0 Å². The number of halogens is 4. The van der Waals surface area contributed by atoms with Crippen molar-refractivity contribution in [2.75, 3.05) is 11.5 Å². The van der Waals surface area contributed by atoms with Crippen LogP contribution < -0.4 is 11.5 Å². The number of benzene rings is 1. The molecule has 0 saturated heterocycles. The summed E-state index contributed by atoms with van der Waals surface area (Å²) in [4.78, 5) is 7.19. The van der Waals surface area contributed by atoms with Crippen LogP contribution in [0.25, 0.3) is 11.3 Å². The molecule has 5 nitrogen and oxygen atoms in total. The fourth-order valence-electron chi connectivity index (χ4n) is 2.05. The Balaban J connectivity index is 2.92. The Morgan fingerprint density at radius 1 is 1.18 bits per heavy atom. The second-order valence-corrected chi connectivity index (χ2v) is 4.40. The third-order valence-corrected chi connectivity index (χ3v) is 3.00. The molecule has 4 N–H and O–H groups in total. The molecule has 1 heterocycles. The van der Waals surface area contributed by atoms with Crippen molar-refractivity contribution in [3.05, 3.63) is 34.6 Å². The number of hydrogen-bond acceptors (Lipinski definition) is 5. The first-order valence-corrected chi connectivity index (χ1v) is 5.86. The molecular weight excluding hydrogens is 302 g/mol. The van der Waals surface area contributed by atoms with E-state index in [9.17, 15) is 17.6 Å². The van der Waals surface area contributed by atoms with Crippen molar-refractivity contribution in [1.82, 2.24) is 9.97 Å². The number of rotatable bonds is 1. The highest BCUT2D eigenvalue weighted by atomic mass is 19.4. The van der Waals surface area contributed by atoms with Crippen LogP contribution in [0.5, 0.6) is 0 Å². The third kappa shape index (κ3) is 2.50. The minimum atomic E-state index is -4.84. The number of aromatic nitrogens is 2. The number of anilines is 2. The van der Waals surface area contributed by atoms with Crippen LogP contribution in [-0.2, 0) is 6.18 Å². The SMILES string of the molecule is Cc1c(F)ccc(-c2nc(N)nc(N)c2C#N)c1C(F)(F)F. The summed E-state index contributed by atoms with van der Waals surface area (Å²) < 4.78 is 53.3. The van der Waals surface area contributed by atoms with Gasteiger partial charge < -0.3 is 11.5 Å². The molecule has 114 valence electrons. The van der Waals surface area contributed by atoms with Gasteiger partial charge in [0.2, 0.25) is 5.95 Å². The molecule has 1 aromatic carbocycles. The van der Waals surface area contributed by atoms with E-state index in [1.54, 1.807) is 6.07 Å². The van der Waals surface area contributed by atoms with Crippen molar-refractivity contribution in [3.8, 4) is 17.3 Å². The maximum absolute atomic E-state index is 13.5. The Morgan fingerprint density at radius 3 is 2.36 bits per heavy atom. The zero-order valence-corrected chi connectivity index (χ0v) is 11.2. The van der Waals surface area contributed by atoms with Gasteiger partial charge in [-0.05, 0) is 24.6 Å². The van der Waals surface area contributed by atoms with E-state index >= 15 is 0 Å². The van der Waals surface area contributed by atoms with Crippen molar-refractivity contribution >= 4 is 11.8 Å². The van der Waals surface area contributed by atoms with Crippen molar-refractivity contribution in [2.24, 2.45) is 0 Å². The van der Waals surface area contributed by atoms with Crippen molar-refractivity contribution in [3.63, 3.8) is 0 Å². The summed E-state index contributed by atoms with van der Waals surface area (Å²) >= 11 is 0. The minimum Gasteiger partial charge on any atom is -0.382 e. The molecule has 0 radical (unpaired) electrons. The molecule has 2 aromatic rings. The standard InChI is InChI=1S/C13H9F4N5/c1-5-8(14)3-2-6(9(5)13(15,16)17)10-7(4-18)11(19)22-12(20)21-10/h2-3H,1H3,(H4,19,20,21,22). The van der Waals surface area contributed by atoms with Crippen LogP contribution in [0.15, 0.2) is 12.1 Å². The molecule has 0 unspecified atom stereocenters. The zero-order chi connectivity index (χ0) is 16.7. The third-order valence-electron chi connectivity index (χ3n) is 3.00. The summed E-state index contributed by atoms with van der Waals surface area (Å²) in [6.07, 6.45) is -4.84. The molecule has 2 rings (SSSR count). The van der Waals surface area contributed by atoms with E-state index in [2.05, 4.69) is 9.97 Å². The summed E-state index contributed by atoms with van der Waals surface area (Å²) in [5.74, 6) is -1.76. The lowest BCUT2D eigenvalue weighted by Crippen LogP contribution is -2.13. The van der Waals surface area contributed by atoms with E-state index in [1.165, 1.54) is 0 Å². The first kappa shape index (κ1) is 15.5. The predicted octanol–water partition coefficient (Wildman–Crippen LogP) is 2.65. The van der Waals surface area contributed by atoms with Gasteiger partial charge in [0.05, 0.1) is 11.3 Å². The molecule has 0 saturated carbocycles. The highest BCUT2D eigenvalue weighted by Crippen LogP contribution is 2.41. The van der Waals surface area contributed by atoms with Crippen LogP contribution in [0.1, 0.15) is 16.7 Å². The van der Waals surface area contributed by atoms with Gasteiger partial charge in [0, 0.05) is 5.56 Å². The lowest BCUT2D eigenvalue weighted by Gasteiger charge is -2.17. The Bertz CT molecular complexity index is 792. The van der Waals surface area contributed by atoms with Gasteiger partial charge in [-0.2, -0.15) is 23.4 Å². The summed E-state index contributed by atoms with van der Waals surface area (Å²) in [5.41, 5.74) is 7.80. The zero-order valence-electron chi connectivity index (χ0n) is 11.2. The van der Waals surface area contributed by atoms with E-state index in [-0.39, 0.29) is 23.0 Å². The van der Waals surface area contributed by atoms with Crippen LogP contribution in [0.4, 0.5) is 29.3 Å². The molecule has 9 heteroatoms. The first-order chi connectivity index (χ1) is 10.2. The van der Waals surface area contributed by atoms with E-state index in [1.807, 2.05) is 0 Å². The number of hydrogen-bond donors (Lipinski definition) is 2. The van der Waals surface area contributed by atoms with Gasteiger partial charge in [0.15, 0.2) is 0 Å². The summed E-state index contributed by atoms with van der Waals surface area (Å²) in [5, 5.41) is 9.06. The molecule has 0 aliphatic carbocycles. The van der Waals surface area contributed by atoms with E-state index in [0.29, 0.717) is 0 Å². The molecule has 0 aliphatic heterocycles. The van der Waals surface area contributed by atoms with Gasteiger partial charge in [-0.1, -0.05) is 0 Å². The van der Waals surface area contributed by atoms with E-state index in [4.69, 9.17) is 16.7 Å². The Labute approximate surface area is 122 Å². The monoisotopic (exact) mass is 311 g/mol. The molecule has 0 spiro atoms. The number of nitrogens with two attached hydrogens (primary N) is 2. The topological polar surface area (TPSA) is 102 Å². The van der Waals surface area contributed by atoms with Gasteiger partial charge in [-0.15, -0.1) is 0 Å². The Morgan fingerprint density at radius 2 is 1.82 bits per heavy atom. The number of alkyl halides is 3. The van der Waals surface area contributed by atoms with Crippen molar-refractivity contribution < 1.29 is 17.6 Å². The van der Waals surface area contributed by atoms with Gasteiger partial charge >= 0.3 is 6.18 Å². The molecular formula is C13H9F4N5. The Kier molecular flexibility index (Phi) is 3.62. The first-order valence-electron chi connectivity index (χ1n) is 5.86. The second kappa shape index (κ2) is 5.14. The summed E-state index contributed by atoms with van der Waals surface area (Å²) in [6.45, 7) is 0.988. The average Bonchev–Trinajstić information content (AvgIpc) is 2.39. The van der Waals surface area contributed by atoms with Crippen molar-refractivity contribution in [2.45, 2.75) is 13.1 Å². The van der Waals surface area contributed by atoms with E-state index in [0.717, 1.165) is 19.1 Å². The molecule has 0 bridgehead atoms. The maximum Gasteiger partial charge on any atom is 0.417 e. The Hall–Kier alpha value is -2.89. The maximum atomic E-state index is 13.5. The minimum absolute atomic E-state index is 0.347. The summed E-state index contributed by atoms with van der Waals surface area (Å²) in [7, 11) is 0. The highest BCUT2D eigenvalue weighted by Gasteiger charge is 2.37. The van der Waals surface area contributed by atoms with E-state index < -0.39 is 28.7 Å². The smallest absolute Gasteiger partial charge is 0.382 e. The highest BCUT2D eigenvalue weighted by molar-refractivity contribution is 5.76. The lowest BCUT2D eigenvalue weighted by molar-refractivity contribution is -0.137. The lowest BCUT2D eigenvalue weighted by atomic mass is 9.96. The van der Waals surface area contributed by atoms with Gasteiger partial charge in [-0.25, -0.2) is 9.37 Å². The molecule has 1 aromatic heterocycles. The second-order valence-electron chi connectivity index (χ2n) is 4.40. The fraction of sp³-hybridized carbons (Fsp3) is 0.154. The number of nitrogens with zero attached hydrogens (tertiary/aromatic N) is 3. The van der Waals surface area contributed by atoms with Gasteiger partial charge in [0.25, 0.3) is 0 Å².